The van der Waals surface area contributed by atoms with Gasteiger partial charge in [-0.25, -0.2) is 4.39 Å². The monoisotopic (exact) mass is 165 g/mol. The normalized spacial score (nSPS) is 9.42. The molecule has 0 aliphatic carbocycles. The molecule has 3 heteroatoms. The molecule has 1 aromatic carbocycles. The molecule has 0 amide bonds. The average Bonchev–Trinajstić information content (AvgIpc) is 2.09. The van der Waals surface area contributed by atoms with Gasteiger partial charge in [0, 0.05) is 11.1 Å². The van der Waals surface area contributed by atoms with Crippen LogP contribution in [0.25, 0.3) is 0 Å². The fourth-order valence-corrected chi connectivity index (χ4v) is 0.977. The lowest BCUT2D eigenvalue weighted by Crippen LogP contribution is -1.95. The molecule has 0 spiro atoms. The van der Waals surface area contributed by atoms with Crippen LogP contribution in [-0.2, 0) is 13.0 Å². The molecular formula is C9H8FNO. The van der Waals surface area contributed by atoms with Crippen LogP contribution in [0.3, 0.4) is 0 Å². The van der Waals surface area contributed by atoms with Gasteiger partial charge in [-0.2, -0.15) is 5.26 Å². The molecule has 0 saturated carbocycles. The van der Waals surface area contributed by atoms with Gasteiger partial charge in [0.15, 0.2) is 0 Å². The maximum absolute atomic E-state index is 13.1. The summed E-state index contributed by atoms with van der Waals surface area (Å²) in [7, 11) is 0. The summed E-state index contributed by atoms with van der Waals surface area (Å²) < 4.78 is 13.1. The van der Waals surface area contributed by atoms with Crippen LogP contribution in [-0.4, -0.2) is 5.11 Å². The molecule has 0 aliphatic heterocycles. The zero-order valence-corrected chi connectivity index (χ0v) is 6.42. The first kappa shape index (κ1) is 8.69. The van der Waals surface area contributed by atoms with E-state index < -0.39 is 5.82 Å². The predicted molar refractivity (Wildman–Crippen MR) is 41.6 cm³/mol. The van der Waals surface area contributed by atoms with Crippen molar-refractivity contribution >= 4 is 0 Å². The summed E-state index contributed by atoms with van der Waals surface area (Å²) in [4.78, 5) is 0. The Bertz CT molecular complexity index is 317. The first-order chi connectivity index (χ1) is 5.79. The number of aliphatic hydroxyl groups excluding tert-OH is 1. The second-order valence-electron chi connectivity index (χ2n) is 2.38. The number of aliphatic hydroxyl groups is 1. The van der Waals surface area contributed by atoms with Crippen LogP contribution < -0.4 is 0 Å². The van der Waals surface area contributed by atoms with Crippen LogP contribution >= 0.6 is 0 Å². The lowest BCUT2D eigenvalue weighted by molar-refractivity contribution is 0.275. The standard InChI is InChI=1S/C9H8FNO/c10-9-7(4-5-11)2-1-3-8(9)6-12/h1-3,12H,4,6H2. The second kappa shape index (κ2) is 3.84. The molecule has 0 atom stereocenters. The Balaban J connectivity index is 3.07. The number of benzene rings is 1. The molecular weight excluding hydrogens is 157 g/mol. The number of hydrogen-bond acceptors (Lipinski definition) is 2. The summed E-state index contributed by atoms with van der Waals surface area (Å²) in [6.07, 6.45) is 0.0413. The molecule has 1 N–H and O–H groups in total. The Morgan fingerprint density at radius 3 is 2.67 bits per heavy atom. The maximum Gasteiger partial charge on any atom is 0.132 e. The minimum Gasteiger partial charge on any atom is -0.392 e. The highest BCUT2D eigenvalue weighted by atomic mass is 19.1. The highest BCUT2D eigenvalue weighted by Gasteiger charge is 2.05. The van der Waals surface area contributed by atoms with Gasteiger partial charge in [0.25, 0.3) is 0 Å². The van der Waals surface area contributed by atoms with Gasteiger partial charge in [0.1, 0.15) is 5.82 Å². The van der Waals surface area contributed by atoms with E-state index in [1.165, 1.54) is 12.1 Å². The van der Waals surface area contributed by atoms with Crippen LogP contribution in [0.15, 0.2) is 18.2 Å². The van der Waals surface area contributed by atoms with E-state index in [9.17, 15) is 4.39 Å². The van der Waals surface area contributed by atoms with Crippen LogP contribution in [0.5, 0.6) is 0 Å². The van der Waals surface area contributed by atoms with E-state index in [1.54, 1.807) is 6.07 Å². The Hall–Kier alpha value is -1.40. The summed E-state index contributed by atoms with van der Waals surface area (Å²) in [6, 6.07) is 6.52. The second-order valence-corrected chi connectivity index (χ2v) is 2.38. The zero-order chi connectivity index (χ0) is 8.97. The van der Waals surface area contributed by atoms with E-state index >= 15 is 0 Å². The first-order valence-electron chi connectivity index (χ1n) is 3.53. The van der Waals surface area contributed by atoms with Gasteiger partial charge < -0.3 is 5.11 Å². The third-order valence-electron chi connectivity index (χ3n) is 1.60. The predicted octanol–water partition coefficient (Wildman–Crippen LogP) is 1.38. The zero-order valence-electron chi connectivity index (χ0n) is 6.42. The Labute approximate surface area is 69.9 Å². The lowest BCUT2D eigenvalue weighted by atomic mass is 10.1. The number of hydrogen-bond donors (Lipinski definition) is 1. The molecule has 0 saturated heterocycles. The van der Waals surface area contributed by atoms with Gasteiger partial charge in [-0.1, -0.05) is 18.2 Å². The molecule has 62 valence electrons. The number of nitrogens with zero attached hydrogens (tertiary/aromatic N) is 1. The van der Waals surface area contributed by atoms with Crippen molar-refractivity contribution in [3.63, 3.8) is 0 Å². The summed E-state index contributed by atoms with van der Waals surface area (Å²) >= 11 is 0. The van der Waals surface area contributed by atoms with E-state index in [-0.39, 0.29) is 18.6 Å². The van der Waals surface area contributed by atoms with Gasteiger partial charge in [-0.05, 0) is 0 Å². The van der Waals surface area contributed by atoms with Gasteiger partial charge in [0.05, 0.1) is 19.1 Å². The van der Waals surface area contributed by atoms with Crippen molar-refractivity contribution in [2.75, 3.05) is 0 Å². The summed E-state index contributed by atoms with van der Waals surface area (Å²) in [5, 5.41) is 17.0. The molecule has 0 radical (unpaired) electrons. The Morgan fingerprint density at radius 2 is 2.08 bits per heavy atom. The van der Waals surface area contributed by atoms with E-state index in [1.807, 2.05) is 6.07 Å². The van der Waals surface area contributed by atoms with Crippen molar-refractivity contribution in [3.8, 4) is 6.07 Å². The number of halogens is 1. The lowest BCUT2D eigenvalue weighted by Gasteiger charge is -2.01. The minimum atomic E-state index is -0.471. The largest absolute Gasteiger partial charge is 0.392 e. The fraction of sp³-hybridized carbons (Fsp3) is 0.222. The Kier molecular flexibility index (Phi) is 2.78. The molecule has 0 fully saturated rings. The van der Waals surface area contributed by atoms with Gasteiger partial charge in [-0.15, -0.1) is 0 Å². The molecule has 0 aromatic heterocycles. The molecule has 0 aliphatic rings. The maximum atomic E-state index is 13.1. The van der Waals surface area contributed by atoms with E-state index in [0.717, 1.165) is 0 Å². The molecule has 0 bridgehead atoms. The van der Waals surface area contributed by atoms with Gasteiger partial charge in [0.2, 0.25) is 0 Å². The van der Waals surface area contributed by atoms with E-state index in [0.29, 0.717) is 5.56 Å². The summed E-state index contributed by atoms with van der Waals surface area (Å²) in [6.45, 7) is -0.328. The number of rotatable bonds is 2. The molecule has 0 heterocycles. The van der Waals surface area contributed by atoms with Crippen molar-refractivity contribution in [1.29, 1.82) is 5.26 Å². The van der Waals surface area contributed by atoms with E-state index in [4.69, 9.17) is 10.4 Å². The first-order valence-corrected chi connectivity index (χ1v) is 3.53. The van der Waals surface area contributed by atoms with Crippen molar-refractivity contribution in [2.45, 2.75) is 13.0 Å². The molecule has 0 unspecified atom stereocenters. The molecule has 2 nitrogen and oxygen atoms in total. The summed E-state index contributed by atoms with van der Waals surface area (Å²) in [5.41, 5.74) is 0.576. The van der Waals surface area contributed by atoms with Gasteiger partial charge >= 0.3 is 0 Å². The SMILES string of the molecule is N#CCc1cccc(CO)c1F. The molecule has 12 heavy (non-hydrogen) atoms. The van der Waals surface area contributed by atoms with Crippen LogP contribution in [0.4, 0.5) is 4.39 Å². The smallest absolute Gasteiger partial charge is 0.132 e. The number of nitriles is 1. The van der Waals surface area contributed by atoms with Crippen LogP contribution in [0.2, 0.25) is 0 Å². The van der Waals surface area contributed by atoms with Crippen LogP contribution in [0, 0.1) is 17.1 Å². The van der Waals surface area contributed by atoms with Crippen molar-refractivity contribution in [2.24, 2.45) is 0 Å². The highest BCUT2D eigenvalue weighted by molar-refractivity contribution is 5.27. The van der Waals surface area contributed by atoms with Crippen molar-refractivity contribution in [3.05, 3.63) is 35.1 Å². The third-order valence-corrected chi connectivity index (χ3v) is 1.60. The minimum absolute atomic E-state index is 0.0413. The van der Waals surface area contributed by atoms with Crippen molar-refractivity contribution < 1.29 is 9.50 Å². The fourth-order valence-electron chi connectivity index (χ4n) is 0.977. The molecule has 1 aromatic rings. The summed E-state index contributed by atoms with van der Waals surface area (Å²) in [5.74, 6) is -0.471. The van der Waals surface area contributed by atoms with E-state index in [2.05, 4.69) is 0 Å². The van der Waals surface area contributed by atoms with Crippen LogP contribution in [0.1, 0.15) is 11.1 Å². The topological polar surface area (TPSA) is 44.0 Å². The van der Waals surface area contributed by atoms with Gasteiger partial charge in [-0.3, -0.25) is 0 Å². The average molecular weight is 165 g/mol. The van der Waals surface area contributed by atoms with Crippen molar-refractivity contribution in [1.82, 2.24) is 0 Å². The third kappa shape index (κ3) is 1.60. The quantitative estimate of drug-likeness (QED) is 0.719. The molecule has 1 rings (SSSR count). The Morgan fingerprint density at radius 1 is 1.42 bits per heavy atom. The highest BCUT2D eigenvalue weighted by Crippen LogP contribution is 2.12.